The van der Waals surface area contributed by atoms with Crippen molar-refractivity contribution in [3.63, 3.8) is 0 Å². The smallest absolute Gasteiger partial charge is 0.475 e. The summed E-state index contributed by atoms with van der Waals surface area (Å²) in [7, 11) is 2.20. The van der Waals surface area contributed by atoms with Crippen LogP contribution in [0.1, 0.15) is 50.8 Å². The number of alkyl halides is 4. The number of nitrogens with one attached hydrogen (secondary N) is 5. The number of aromatic nitrogens is 2. The lowest BCUT2D eigenvalue weighted by Gasteiger charge is -2.26. The molecule has 0 spiro atoms. The van der Waals surface area contributed by atoms with E-state index in [1.807, 2.05) is 13.8 Å². The second-order valence-electron chi connectivity index (χ2n) is 12.2. The average Bonchev–Trinajstić information content (AvgIpc) is 3.67. The van der Waals surface area contributed by atoms with E-state index < -0.39 is 90.9 Å². The molecule has 1 aromatic carbocycles. The van der Waals surface area contributed by atoms with Gasteiger partial charge in [-0.25, -0.2) is 19.0 Å². The van der Waals surface area contributed by atoms with Crippen molar-refractivity contribution in [2.45, 2.75) is 82.9 Å². The van der Waals surface area contributed by atoms with Gasteiger partial charge in [-0.1, -0.05) is 44.2 Å². The lowest BCUT2D eigenvalue weighted by Crippen LogP contribution is -2.58. The molecule has 0 aliphatic heterocycles. The lowest BCUT2D eigenvalue weighted by molar-refractivity contribution is -0.192. The third-order valence-corrected chi connectivity index (χ3v) is 7.32. The van der Waals surface area contributed by atoms with Crippen molar-refractivity contribution in [2.75, 3.05) is 20.9 Å². The van der Waals surface area contributed by atoms with E-state index in [0.29, 0.717) is 5.69 Å². The van der Waals surface area contributed by atoms with E-state index in [1.165, 1.54) is 12.5 Å². The number of methoxy groups -OCH3 is 2. The number of esters is 2. The Morgan fingerprint density at radius 1 is 0.821 bits per heavy atom. The summed E-state index contributed by atoms with van der Waals surface area (Å²) in [5.74, 6) is -8.15. The Hall–Kier alpha value is -6.09. The first-order chi connectivity index (χ1) is 26.3. The quantitative estimate of drug-likeness (QED) is 0.0630. The Kier molecular flexibility index (Phi) is 20.8. The molecule has 4 amide bonds. The molecule has 310 valence electrons. The molecule has 1 heterocycles. The number of ketones is 1. The fourth-order valence-electron chi connectivity index (χ4n) is 4.47. The van der Waals surface area contributed by atoms with Crippen LogP contribution in [0.15, 0.2) is 42.9 Å². The van der Waals surface area contributed by atoms with Crippen LogP contribution in [-0.2, 0) is 60.8 Å². The summed E-state index contributed by atoms with van der Waals surface area (Å²) in [4.78, 5) is 105. The van der Waals surface area contributed by atoms with Gasteiger partial charge in [0, 0.05) is 24.7 Å². The number of alkyl carbamates (subject to hydrolysis) is 1. The number of carbonyl (C=O) groups is 8. The third kappa shape index (κ3) is 18.8. The van der Waals surface area contributed by atoms with Gasteiger partial charge < -0.3 is 45.6 Å². The lowest BCUT2D eigenvalue weighted by atomic mass is 10.0. The maximum absolute atomic E-state index is 13.7. The maximum Gasteiger partial charge on any atom is 0.490 e. The highest BCUT2D eigenvalue weighted by atomic mass is 19.4. The van der Waals surface area contributed by atoms with Crippen LogP contribution in [-0.4, -0.2) is 114 Å². The number of Topliss-reactive ketones (excluding diaryl/α,β-unsaturated/α-hetero) is 1. The standard InChI is InChI=1S/C32H43FN6O10.C2HF3O2/c1-19(2)12-24(39-32(46)49-17-20-8-6-5-7-9-20)30(44)36-22(10-11-27(41)47-3)29(43)38-25(13-21-16-34-18-35-21)31(45)37-23(26(40)15-33)14-28(42)48-4;3-2(4,5)1(6)7/h5-9,16,18-19,22-25H,10-15,17H2,1-4H3,(H,34,35)(H,36,44)(H,37,45)(H,38,43)(H,39,46);(H,6,7). The minimum Gasteiger partial charge on any atom is -0.475 e. The number of halogens is 4. The first kappa shape index (κ1) is 47.9. The molecule has 0 aliphatic rings. The topological polar surface area (TPSA) is 261 Å². The molecule has 18 nitrogen and oxygen atoms in total. The summed E-state index contributed by atoms with van der Waals surface area (Å²) in [5.41, 5.74) is 1.11. The number of aliphatic carboxylic acids is 1. The van der Waals surface area contributed by atoms with E-state index in [1.54, 1.807) is 30.3 Å². The summed E-state index contributed by atoms with van der Waals surface area (Å²) in [6.45, 7) is 2.10. The molecule has 1 aromatic heterocycles. The number of carboxylic acids is 1. The van der Waals surface area contributed by atoms with Crippen molar-refractivity contribution in [2.24, 2.45) is 5.92 Å². The summed E-state index contributed by atoms with van der Waals surface area (Å²) in [5, 5.41) is 16.9. The number of ether oxygens (including phenoxy) is 3. The Balaban J connectivity index is 0.00000203. The van der Waals surface area contributed by atoms with Gasteiger partial charge in [0.05, 0.1) is 27.0 Å². The zero-order chi connectivity index (χ0) is 42.4. The highest BCUT2D eigenvalue weighted by molar-refractivity contribution is 5.97. The zero-order valence-electron chi connectivity index (χ0n) is 30.8. The van der Waals surface area contributed by atoms with Crippen LogP contribution < -0.4 is 21.3 Å². The number of hydrogen-bond donors (Lipinski definition) is 6. The van der Waals surface area contributed by atoms with Crippen molar-refractivity contribution >= 4 is 47.5 Å². The van der Waals surface area contributed by atoms with Crippen molar-refractivity contribution in [1.82, 2.24) is 31.2 Å². The van der Waals surface area contributed by atoms with E-state index in [-0.39, 0.29) is 38.2 Å². The second-order valence-corrected chi connectivity index (χ2v) is 12.2. The van der Waals surface area contributed by atoms with Crippen LogP contribution in [0.3, 0.4) is 0 Å². The molecule has 0 saturated heterocycles. The summed E-state index contributed by atoms with van der Waals surface area (Å²) in [6.07, 6.45) is -4.53. The fraction of sp³-hybridized carbons (Fsp3) is 0.500. The van der Waals surface area contributed by atoms with E-state index in [9.17, 15) is 51.1 Å². The molecular formula is C34H44F4N6O12. The van der Waals surface area contributed by atoms with Gasteiger partial charge in [-0.2, -0.15) is 13.2 Å². The molecule has 4 unspecified atom stereocenters. The highest BCUT2D eigenvalue weighted by Gasteiger charge is 2.38. The van der Waals surface area contributed by atoms with Gasteiger partial charge in [0.15, 0.2) is 5.78 Å². The molecule has 0 radical (unpaired) electrons. The van der Waals surface area contributed by atoms with Crippen molar-refractivity contribution in [3.05, 3.63) is 54.1 Å². The van der Waals surface area contributed by atoms with Gasteiger partial charge in [-0.15, -0.1) is 0 Å². The van der Waals surface area contributed by atoms with Gasteiger partial charge in [0.1, 0.15) is 37.4 Å². The molecule has 56 heavy (non-hydrogen) atoms. The number of carboxylic acid groups (broad SMARTS) is 1. The minimum atomic E-state index is -5.08. The van der Waals surface area contributed by atoms with E-state index >= 15 is 0 Å². The Morgan fingerprint density at radius 3 is 1.89 bits per heavy atom. The van der Waals surface area contributed by atoms with E-state index in [4.69, 9.17) is 14.6 Å². The summed E-state index contributed by atoms with van der Waals surface area (Å²) in [6, 6.07) is 3.28. The Morgan fingerprint density at radius 2 is 1.38 bits per heavy atom. The number of amides is 4. The second kappa shape index (κ2) is 24.3. The Labute approximate surface area is 317 Å². The molecule has 0 aliphatic carbocycles. The average molecular weight is 805 g/mol. The minimum absolute atomic E-state index is 0.0515. The fourth-order valence-corrected chi connectivity index (χ4v) is 4.47. The number of carbonyl (C=O) groups excluding carboxylic acids is 7. The third-order valence-electron chi connectivity index (χ3n) is 7.32. The van der Waals surface area contributed by atoms with Crippen molar-refractivity contribution < 1.29 is 75.2 Å². The highest BCUT2D eigenvalue weighted by Crippen LogP contribution is 2.13. The number of benzene rings is 1. The van der Waals surface area contributed by atoms with Crippen LogP contribution in [0.4, 0.5) is 22.4 Å². The number of aromatic amines is 1. The Bertz CT molecular complexity index is 1610. The van der Waals surface area contributed by atoms with Crippen molar-refractivity contribution in [3.8, 4) is 0 Å². The van der Waals surface area contributed by atoms with Crippen LogP contribution in [0, 0.1) is 5.92 Å². The summed E-state index contributed by atoms with van der Waals surface area (Å²) >= 11 is 0. The molecular weight excluding hydrogens is 760 g/mol. The number of nitrogens with zero attached hydrogens (tertiary/aromatic N) is 1. The molecule has 0 fully saturated rings. The number of H-pyrrole nitrogens is 1. The SMILES string of the molecule is COC(=O)CCC(NC(=O)C(CC(C)C)NC(=O)OCc1ccccc1)C(=O)NC(Cc1cnc[nH]1)C(=O)NC(CC(=O)OC)C(=O)CF.O=C(O)C(F)(F)F. The molecule has 4 atom stereocenters. The first-order valence-corrected chi connectivity index (χ1v) is 16.7. The molecule has 0 bridgehead atoms. The number of rotatable bonds is 20. The van der Waals surface area contributed by atoms with Gasteiger partial charge >= 0.3 is 30.2 Å². The van der Waals surface area contributed by atoms with Gasteiger partial charge in [-0.3, -0.25) is 28.8 Å². The van der Waals surface area contributed by atoms with Crippen LogP contribution in [0.2, 0.25) is 0 Å². The normalized spacial score (nSPS) is 12.9. The monoisotopic (exact) mass is 804 g/mol. The maximum atomic E-state index is 13.7. The molecule has 2 rings (SSSR count). The van der Waals surface area contributed by atoms with Gasteiger partial charge in [-0.05, 0) is 24.3 Å². The summed E-state index contributed by atoms with van der Waals surface area (Å²) < 4.78 is 59.5. The van der Waals surface area contributed by atoms with Crippen LogP contribution in [0.25, 0.3) is 0 Å². The van der Waals surface area contributed by atoms with E-state index in [0.717, 1.165) is 19.8 Å². The van der Waals surface area contributed by atoms with Crippen molar-refractivity contribution in [1.29, 1.82) is 0 Å². The molecule has 22 heteroatoms. The first-order valence-electron chi connectivity index (χ1n) is 16.7. The van der Waals surface area contributed by atoms with Crippen LogP contribution in [0.5, 0.6) is 0 Å². The molecule has 6 N–H and O–H groups in total. The largest absolute Gasteiger partial charge is 0.490 e. The molecule has 0 saturated carbocycles. The molecule has 2 aromatic rings. The van der Waals surface area contributed by atoms with E-state index in [2.05, 4.69) is 40.7 Å². The van der Waals surface area contributed by atoms with Crippen LogP contribution >= 0.6 is 0 Å². The zero-order valence-corrected chi connectivity index (χ0v) is 30.8. The van der Waals surface area contributed by atoms with Gasteiger partial charge in [0.2, 0.25) is 17.7 Å². The van der Waals surface area contributed by atoms with Gasteiger partial charge in [0.25, 0.3) is 0 Å². The predicted octanol–water partition coefficient (Wildman–Crippen LogP) is 1.44. The number of hydrogen-bond acceptors (Lipinski definition) is 12. The predicted molar refractivity (Wildman–Crippen MR) is 184 cm³/mol. The number of imidazole rings is 1.